The predicted molar refractivity (Wildman–Crippen MR) is 124 cm³/mol. The molecule has 0 unspecified atom stereocenters. The molecule has 0 fully saturated rings. The molecule has 0 spiro atoms. The highest BCUT2D eigenvalue weighted by Gasteiger charge is 2.15. The van der Waals surface area contributed by atoms with E-state index >= 15 is 0 Å². The van der Waals surface area contributed by atoms with Crippen LogP contribution in [0, 0.1) is 19.7 Å². The summed E-state index contributed by atoms with van der Waals surface area (Å²) in [5.41, 5.74) is 2.18. The minimum atomic E-state index is -0.426. The molecule has 1 N–H and O–H groups in total. The van der Waals surface area contributed by atoms with E-state index in [0.717, 1.165) is 11.3 Å². The fourth-order valence-electron chi connectivity index (χ4n) is 3.15. The molecule has 0 aliphatic carbocycles. The molecular formula is C23H20Cl2FN5O2. The van der Waals surface area contributed by atoms with E-state index in [1.165, 1.54) is 10.7 Å². The Hall–Kier alpha value is -3.36. The highest BCUT2D eigenvalue weighted by atomic mass is 35.5. The van der Waals surface area contributed by atoms with Gasteiger partial charge in [-0.25, -0.2) is 9.07 Å². The van der Waals surface area contributed by atoms with Gasteiger partial charge in [0.15, 0.2) is 18.2 Å². The Balaban J connectivity index is 1.39. The molecule has 33 heavy (non-hydrogen) atoms. The van der Waals surface area contributed by atoms with Crippen molar-refractivity contribution in [2.75, 3.05) is 5.32 Å². The minimum Gasteiger partial charge on any atom is -0.471 e. The molecule has 4 rings (SSSR count). The first kappa shape index (κ1) is 22.8. The molecule has 7 nitrogen and oxygen atoms in total. The van der Waals surface area contributed by atoms with Gasteiger partial charge >= 0.3 is 0 Å². The van der Waals surface area contributed by atoms with Crippen LogP contribution in [-0.4, -0.2) is 25.5 Å². The van der Waals surface area contributed by atoms with Crippen LogP contribution in [0.3, 0.4) is 0 Å². The van der Waals surface area contributed by atoms with Crippen LogP contribution in [-0.2, 0) is 13.3 Å². The second kappa shape index (κ2) is 9.64. The number of anilines is 1. The van der Waals surface area contributed by atoms with E-state index in [4.69, 9.17) is 27.9 Å². The number of nitrogens with zero attached hydrogens (tertiary/aromatic N) is 4. The molecule has 0 aliphatic rings. The maximum Gasteiger partial charge on any atom is 0.277 e. The third-order valence-corrected chi connectivity index (χ3v) is 5.74. The van der Waals surface area contributed by atoms with Crippen LogP contribution in [0.1, 0.15) is 27.3 Å². The SMILES string of the molecule is Cc1cc(OCn2ccc(C(=O)Nc3cc(C)n(Cc4c(F)cccc4Cl)n3)n2)ccc1Cl. The fourth-order valence-corrected chi connectivity index (χ4v) is 3.49. The van der Waals surface area contributed by atoms with Gasteiger partial charge in [0.1, 0.15) is 11.6 Å². The van der Waals surface area contributed by atoms with Gasteiger partial charge < -0.3 is 10.1 Å². The Morgan fingerprint density at radius 3 is 2.67 bits per heavy atom. The fraction of sp³-hybridized carbons (Fsp3) is 0.174. The lowest BCUT2D eigenvalue weighted by molar-refractivity contribution is 0.101. The van der Waals surface area contributed by atoms with Gasteiger partial charge in [0, 0.05) is 33.6 Å². The van der Waals surface area contributed by atoms with E-state index in [-0.39, 0.29) is 19.0 Å². The number of ether oxygens (including phenoxy) is 1. The first-order valence-corrected chi connectivity index (χ1v) is 10.8. The number of rotatable bonds is 7. The van der Waals surface area contributed by atoms with Crippen LogP contribution in [0.2, 0.25) is 10.0 Å². The highest BCUT2D eigenvalue weighted by molar-refractivity contribution is 6.31. The quantitative estimate of drug-likeness (QED) is 0.374. The standard InChI is InChI=1S/C23H20Cl2FN5O2/c1-14-10-16(6-7-18(14)24)33-13-30-9-8-21(28-30)23(32)27-22-11-15(2)31(29-22)12-17-19(25)4-3-5-20(17)26/h3-11H,12-13H2,1-2H3,(H,27,29,32). The third-order valence-electron chi connectivity index (χ3n) is 4.96. The first-order chi connectivity index (χ1) is 15.8. The number of carbonyl (C=O) groups is 1. The number of halogens is 3. The van der Waals surface area contributed by atoms with Gasteiger partial charge in [0.2, 0.25) is 0 Å². The molecule has 4 aromatic rings. The zero-order valence-electron chi connectivity index (χ0n) is 17.8. The van der Waals surface area contributed by atoms with Crippen molar-refractivity contribution in [3.8, 4) is 5.75 Å². The van der Waals surface area contributed by atoms with E-state index in [0.29, 0.717) is 27.2 Å². The van der Waals surface area contributed by atoms with Gasteiger partial charge in [0.25, 0.3) is 5.91 Å². The summed E-state index contributed by atoms with van der Waals surface area (Å²) in [6.45, 7) is 3.97. The molecule has 0 radical (unpaired) electrons. The molecule has 2 heterocycles. The van der Waals surface area contributed by atoms with Crippen LogP contribution in [0.5, 0.6) is 5.75 Å². The molecule has 10 heteroatoms. The number of hydrogen-bond donors (Lipinski definition) is 1. The van der Waals surface area contributed by atoms with Crippen molar-refractivity contribution in [2.24, 2.45) is 0 Å². The molecule has 2 aromatic carbocycles. The topological polar surface area (TPSA) is 74.0 Å². The zero-order valence-corrected chi connectivity index (χ0v) is 19.4. The summed E-state index contributed by atoms with van der Waals surface area (Å²) in [5.74, 6) is 0.135. The van der Waals surface area contributed by atoms with Crippen molar-refractivity contribution in [3.05, 3.63) is 93.1 Å². The van der Waals surface area contributed by atoms with Crippen LogP contribution in [0.15, 0.2) is 54.7 Å². The average molecular weight is 488 g/mol. The molecular weight excluding hydrogens is 468 g/mol. The summed E-state index contributed by atoms with van der Waals surface area (Å²) in [6, 6.07) is 13.1. The highest BCUT2D eigenvalue weighted by Crippen LogP contribution is 2.22. The lowest BCUT2D eigenvalue weighted by atomic mass is 10.2. The molecule has 0 atom stereocenters. The summed E-state index contributed by atoms with van der Waals surface area (Å²) in [4.78, 5) is 12.6. The van der Waals surface area contributed by atoms with Crippen molar-refractivity contribution in [1.82, 2.24) is 19.6 Å². The minimum absolute atomic E-state index is 0.130. The molecule has 170 valence electrons. The Morgan fingerprint density at radius 1 is 1.09 bits per heavy atom. The summed E-state index contributed by atoms with van der Waals surface area (Å²) >= 11 is 12.1. The van der Waals surface area contributed by atoms with Crippen LogP contribution < -0.4 is 10.1 Å². The Bertz CT molecular complexity index is 1300. The van der Waals surface area contributed by atoms with Gasteiger partial charge in [0.05, 0.1) is 6.54 Å². The second-order valence-electron chi connectivity index (χ2n) is 7.41. The molecule has 2 aromatic heterocycles. The monoisotopic (exact) mass is 487 g/mol. The van der Waals surface area contributed by atoms with Crippen molar-refractivity contribution in [1.29, 1.82) is 0 Å². The van der Waals surface area contributed by atoms with E-state index in [2.05, 4.69) is 15.5 Å². The molecule has 0 aliphatic heterocycles. The van der Waals surface area contributed by atoms with Crippen molar-refractivity contribution >= 4 is 34.9 Å². The normalized spacial score (nSPS) is 10.9. The summed E-state index contributed by atoms with van der Waals surface area (Å²) in [6.07, 6.45) is 1.64. The number of carbonyl (C=O) groups excluding carboxylic acids is 1. The van der Waals surface area contributed by atoms with Crippen molar-refractivity contribution in [3.63, 3.8) is 0 Å². The maximum atomic E-state index is 14.1. The molecule has 0 bridgehead atoms. The third kappa shape index (κ3) is 5.35. The number of aromatic nitrogens is 4. The van der Waals surface area contributed by atoms with Crippen LogP contribution in [0.4, 0.5) is 10.2 Å². The van der Waals surface area contributed by atoms with Gasteiger partial charge in [-0.05, 0) is 55.8 Å². The van der Waals surface area contributed by atoms with E-state index < -0.39 is 11.7 Å². The van der Waals surface area contributed by atoms with E-state index in [9.17, 15) is 9.18 Å². The smallest absolute Gasteiger partial charge is 0.277 e. The number of hydrogen-bond acceptors (Lipinski definition) is 4. The van der Waals surface area contributed by atoms with Crippen LogP contribution in [0.25, 0.3) is 0 Å². The summed E-state index contributed by atoms with van der Waals surface area (Å²) in [7, 11) is 0. The Morgan fingerprint density at radius 2 is 1.91 bits per heavy atom. The molecule has 0 saturated heterocycles. The first-order valence-electron chi connectivity index (χ1n) is 10.0. The van der Waals surface area contributed by atoms with Gasteiger partial charge in [-0.3, -0.25) is 9.48 Å². The number of benzene rings is 2. The zero-order chi connectivity index (χ0) is 23.5. The van der Waals surface area contributed by atoms with Gasteiger partial charge in [-0.15, -0.1) is 0 Å². The lowest BCUT2D eigenvalue weighted by Gasteiger charge is -2.08. The van der Waals surface area contributed by atoms with E-state index in [1.54, 1.807) is 47.3 Å². The summed E-state index contributed by atoms with van der Waals surface area (Å²) < 4.78 is 22.9. The lowest BCUT2D eigenvalue weighted by Crippen LogP contribution is -2.15. The number of aryl methyl sites for hydroxylation is 2. The van der Waals surface area contributed by atoms with Crippen LogP contribution >= 0.6 is 23.2 Å². The number of nitrogens with one attached hydrogen (secondary N) is 1. The maximum absolute atomic E-state index is 14.1. The van der Waals surface area contributed by atoms with Crippen molar-refractivity contribution in [2.45, 2.75) is 27.1 Å². The Kier molecular flexibility index (Phi) is 6.67. The number of amides is 1. The molecule has 0 saturated carbocycles. The summed E-state index contributed by atoms with van der Waals surface area (Å²) in [5, 5.41) is 12.3. The molecule has 1 amide bonds. The van der Waals surface area contributed by atoms with E-state index in [1.807, 2.05) is 19.9 Å². The van der Waals surface area contributed by atoms with Gasteiger partial charge in [-0.2, -0.15) is 10.2 Å². The average Bonchev–Trinajstić information content (AvgIpc) is 3.38. The predicted octanol–water partition coefficient (Wildman–Crippen LogP) is 5.48. The Labute approximate surface area is 199 Å². The van der Waals surface area contributed by atoms with Gasteiger partial charge in [-0.1, -0.05) is 29.3 Å². The second-order valence-corrected chi connectivity index (χ2v) is 8.22. The largest absolute Gasteiger partial charge is 0.471 e. The van der Waals surface area contributed by atoms with Crippen molar-refractivity contribution < 1.29 is 13.9 Å².